The van der Waals surface area contributed by atoms with Crippen LogP contribution in [0.2, 0.25) is 0 Å². The molecule has 1 atom stereocenters. The van der Waals surface area contributed by atoms with E-state index in [-0.39, 0.29) is 5.92 Å². The van der Waals surface area contributed by atoms with Gasteiger partial charge in [-0.2, -0.15) is 0 Å². The number of carbonyl (C=O) groups excluding carboxylic acids is 1. The molecule has 20 heavy (non-hydrogen) atoms. The summed E-state index contributed by atoms with van der Waals surface area (Å²) in [5.74, 6) is 0.436. The van der Waals surface area contributed by atoms with Gasteiger partial charge in [0.15, 0.2) is 5.78 Å². The number of hydrogen-bond donors (Lipinski definition) is 0. The maximum absolute atomic E-state index is 12.7. The van der Waals surface area contributed by atoms with Gasteiger partial charge >= 0.3 is 0 Å². The van der Waals surface area contributed by atoms with Crippen LogP contribution in [-0.2, 0) is 12.8 Å². The van der Waals surface area contributed by atoms with Gasteiger partial charge in [-0.25, -0.2) is 0 Å². The molecule has 0 spiro atoms. The minimum absolute atomic E-state index is 0.118. The second-order valence-electron chi connectivity index (χ2n) is 5.44. The van der Waals surface area contributed by atoms with Crippen molar-refractivity contribution in [3.05, 3.63) is 69.7 Å². The first-order valence-electron chi connectivity index (χ1n) is 7.10. The lowest BCUT2D eigenvalue weighted by atomic mass is 9.89. The number of hydrogen-bond acceptors (Lipinski definition) is 1. The lowest BCUT2D eigenvalue weighted by molar-refractivity contribution is 0.0915. The maximum Gasteiger partial charge on any atom is 0.166 e. The van der Waals surface area contributed by atoms with Crippen LogP contribution in [0.4, 0.5) is 0 Å². The van der Waals surface area contributed by atoms with E-state index in [4.69, 9.17) is 0 Å². The van der Waals surface area contributed by atoms with Crippen molar-refractivity contribution < 1.29 is 4.79 Å². The van der Waals surface area contributed by atoms with E-state index in [2.05, 4.69) is 34.1 Å². The molecule has 2 aromatic rings. The zero-order valence-electron chi connectivity index (χ0n) is 11.3. The van der Waals surface area contributed by atoms with Gasteiger partial charge in [-0.05, 0) is 48.9 Å². The van der Waals surface area contributed by atoms with Gasteiger partial charge < -0.3 is 0 Å². The minimum atomic E-state index is 0.118. The number of Topliss-reactive ketones (excluding diaryl/α,β-unsaturated/α-hetero) is 1. The molecule has 102 valence electrons. The predicted molar refractivity (Wildman–Crippen MR) is 85.0 cm³/mol. The molecule has 0 amide bonds. The molecular formula is C18H17BrO. The molecule has 0 heterocycles. The molecule has 0 aromatic heterocycles. The molecule has 2 heteroatoms. The minimum Gasteiger partial charge on any atom is -0.294 e. The Morgan fingerprint density at radius 3 is 2.80 bits per heavy atom. The van der Waals surface area contributed by atoms with Crippen LogP contribution >= 0.6 is 15.9 Å². The molecular weight excluding hydrogens is 312 g/mol. The van der Waals surface area contributed by atoms with Crippen molar-refractivity contribution in [1.29, 1.82) is 0 Å². The van der Waals surface area contributed by atoms with Crippen molar-refractivity contribution in [1.82, 2.24) is 0 Å². The summed E-state index contributed by atoms with van der Waals surface area (Å²) in [7, 11) is 0. The van der Waals surface area contributed by atoms with Crippen molar-refractivity contribution >= 4 is 21.7 Å². The van der Waals surface area contributed by atoms with E-state index in [0.29, 0.717) is 5.78 Å². The van der Waals surface area contributed by atoms with Crippen LogP contribution in [0.15, 0.2) is 53.0 Å². The third kappa shape index (κ3) is 2.85. The molecule has 1 unspecified atom stereocenters. The number of rotatable bonds is 2. The van der Waals surface area contributed by atoms with E-state index in [0.717, 1.165) is 35.7 Å². The standard InChI is InChI=1S/C18H17BrO/c19-16-9-3-5-13(12-16)11-15-8-4-7-14-6-1-2-10-17(14)18(15)20/h1-3,5-6,9-10,12,15H,4,7-8,11H2. The topological polar surface area (TPSA) is 17.1 Å². The van der Waals surface area contributed by atoms with Crippen molar-refractivity contribution in [2.24, 2.45) is 5.92 Å². The molecule has 0 saturated carbocycles. The zero-order valence-corrected chi connectivity index (χ0v) is 12.9. The Kier molecular flexibility index (Phi) is 4.02. The highest BCUT2D eigenvalue weighted by Crippen LogP contribution is 2.27. The highest BCUT2D eigenvalue weighted by molar-refractivity contribution is 9.10. The molecule has 1 nitrogen and oxygen atoms in total. The highest BCUT2D eigenvalue weighted by atomic mass is 79.9. The summed E-state index contributed by atoms with van der Waals surface area (Å²) in [6.45, 7) is 0. The van der Waals surface area contributed by atoms with Gasteiger partial charge in [-0.3, -0.25) is 4.79 Å². The number of carbonyl (C=O) groups is 1. The smallest absolute Gasteiger partial charge is 0.166 e. The van der Waals surface area contributed by atoms with E-state index < -0.39 is 0 Å². The normalized spacial score (nSPS) is 18.4. The first kappa shape index (κ1) is 13.6. The number of aryl methyl sites for hydroxylation is 1. The van der Waals surface area contributed by atoms with Crippen LogP contribution in [0.3, 0.4) is 0 Å². The summed E-state index contributed by atoms with van der Waals surface area (Å²) in [5.41, 5.74) is 3.39. The first-order chi connectivity index (χ1) is 9.74. The Hall–Kier alpha value is -1.41. The molecule has 0 N–H and O–H groups in total. The van der Waals surface area contributed by atoms with Crippen LogP contribution in [0.1, 0.15) is 34.3 Å². The number of benzene rings is 2. The fraction of sp³-hybridized carbons (Fsp3) is 0.278. The summed E-state index contributed by atoms with van der Waals surface area (Å²) in [5, 5.41) is 0. The number of ketones is 1. The fourth-order valence-electron chi connectivity index (χ4n) is 3.01. The summed E-state index contributed by atoms with van der Waals surface area (Å²) in [4.78, 5) is 12.7. The Morgan fingerprint density at radius 2 is 1.95 bits per heavy atom. The van der Waals surface area contributed by atoms with E-state index in [1.165, 1.54) is 11.1 Å². The predicted octanol–water partition coefficient (Wildman–Crippen LogP) is 4.83. The number of fused-ring (bicyclic) bond motifs is 1. The lowest BCUT2D eigenvalue weighted by Crippen LogP contribution is -2.16. The quantitative estimate of drug-likeness (QED) is 0.722. The van der Waals surface area contributed by atoms with Gasteiger partial charge in [0.05, 0.1) is 0 Å². The van der Waals surface area contributed by atoms with E-state index >= 15 is 0 Å². The second-order valence-corrected chi connectivity index (χ2v) is 6.36. The van der Waals surface area contributed by atoms with Crippen LogP contribution in [0.5, 0.6) is 0 Å². The molecule has 0 saturated heterocycles. The second kappa shape index (κ2) is 5.92. The van der Waals surface area contributed by atoms with Crippen LogP contribution in [0, 0.1) is 5.92 Å². The highest BCUT2D eigenvalue weighted by Gasteiger charge is 2.25. The van der Waals surface area contributed by atoms with Gasteiger partial charge in [0, 0.05) is 16.0 Å². The molecule has 1 aliphatic carbocycles. The summed E-state index contributed by atoms with van der Waals surface area (Å²) in [6, 6.07) is 16.4. The van der Waals surface area contributed by atoms with Gasteiger partial charge in [-0.15, -0.1) is 0 Å². The molecule has 0 bridgehead atoms. The summed E-state index contributed by atoms with van der Waals surface area (Å²) >= 11 is 3.50. The average Bonchev–Trinajstić information content (AvgIpc) is 2.60. The third-order valence-electron chi connectivity index (χ3n) is 4.02. The first-order valence-corrected chi connectivity index (χ1v) is 7.90. The third-order valence-corrected chi connectivity index (χ3v) is 4.52. The van der Waals surface area contributed by atoms with Gasteiger partial charge in [0.25, 0.3) is 0 Å². The van der Waals surface area contributed by atoms with Gasteiger partial charge in [0.1, 0.15) is 0 Å². The van der Waals surface area contributed by atoms with Crippen molar-refractivity contribution in [3.8, 4) is 0 Å². The monoisotopic (exact) mass is 328 g/mol. The molecule has 1 aliphatic rings. The average molecular weight is 329 g/mol. The molecule has 0 fully saturated rings. The van der Waals surface area contributed by atoms with Crippen LogP contribution < -0.4 is 0 Å². The van der Waals surface area contributed by atoms with Crippen molar-refractivity contribution in [3.63, 3.8) is 0 Å². The maximum atomic E-state index is 12.7. The lowest BCUT2D eigenvalue weighted by Gasteiger charge is -2.14. The van der Waals surface area contributed by atoms with Gasteiger partial charge in [0.2, 0.25) is 0 Å². The SMILES string of the molecule is O=C1c2ccccc2CCCC1Cc1cccc(Br)c1. The van der Waals surface area contributed by atoms with Crippen molar-refractivity contribution in [2.75, 3.05) is 0 Å². The Bertz CT molecular complexity index is 633. The number of halogens is 1. The van der Waals surface area contributed by atoms with Gasteiger partial charge in [-0.1, -0.05) is 52.3 Å². The summed E-state index contributed by atoms with van der Waals surface area (Å²) in [6.07, 6.45) is 3.95. The summed E-state index contributed by atoms with van der Waals surface area (Å²) < 4.78 is 1.08. The Balaban J connectivity index is 1.86. The van der Waals surface area contributed by atoms with Crippen LogP contribution in [0.25, 0.3) is 0 Å². The Labute approximate surface area is 128 Å². The molecule has 2 aromatic carbocycles. The van der Waals surface area contributed by atoms with Crippen LogP contribution in [-0.4, -0.2) is 5.78 Å². The molecule has 0 radical (unpaired) electrons. The zero-order chi connectivity index (χ0) is 13.9. The molecule has 3 rings (SSSR count). The Morgan fingerprint density at radius 1 is 1.10 bits per heavy atom. The van der Waals surface area contributed by atoms with Crippen molar-refractivity contribution in [2.45, 2.75) is 25.7 Å². The van der Waals surface area contributed by atoms with E-state index in [9.17, 15) is 4.79 Å². The molecule has 0 aliphatic heterocycles. The largest absolute Gasteiger partial charge is 0.294 e. The van der Waals surface area contributed by atoms with E-state index in [1.54, 1.807) is 0 Å². The fourth-order valence-corrected chi connectivity index (χ4v) is 3.46. The van der Waals surface area contributed by atoms with E-state index in [1.807, 2.05) is 30.3 Å².